The third-order valence-electron chi connectivity index (χ3n) is 3.80. The van der Waals surface area contributed by atoms with Gasteiger partial charge in [0.15, 0.2) is 5.16 Å². The van der Waals surface area contributed by atoms with Crippen LogP contribution in [0, 0.1) is 5.92 Å². The van der Waals surface area contributed by atoms with Gasteiger partial charge in [-0.1, -0.05) is 37.9 Å². The van der Waals surface area contributed by atoms with Gasteiger partial charge in [0, 0.05) is 12.1 Å². The third kappa shape index (κ3) is 3.73. The molecule has 1 saturated carbocycles. The molecule has 1 aromatic heterocycles. The van der Waals surface area contributed by atoms with E-state index in [2.05, 4.69) is 27.6 Å². The molecular weight excluding hydrogens is 258 g/mol. The zero-order chi connectivity index (χ0) is 13.7. The molecule has 19 heavy (non-hydrogen) atoms. The molecule has 0 spiro atoms. The number of anilines is 2. The number of hydrogen-bond acceptors (Lipinski definition) is 6. The fourth-order valence-corrected chi connectivity index (χ4v) is 3.12. The van der Waals surface area contributed by atoms with Crippen molar-refractivity contribution in [2.24, 2.45) is 11.8 Å². The molecule has 6 heteroatoms. The summed E-state index contributed by atoms with van der Waals surface area (Å²) in [5.74, 6) is 7.73. The van der Waals surface area contributed by atoms with Crippen LogP contribution in [-0.2, 0) is 0 Å². The normalized spacial score (nSPS) is 23.1. The highest BCUT2D eigenvalue weighted by Gasteiger charge is 2.23. The highest BCUT2D eigenvalue weighted by Crippen LogP contribution is 2.29. The Morgan fingerprint density at radius 2 is 2.05 bits per heavy atom. The minimum absolute atomic E-state index is 0.522. The number of nitrogens with one attached hydrogen (secondary N) is 2. The largest absolute Gasteiger partial charge is 0.367 e. The van der Waals surface area contributed by atoms with Gasteiger partial charge < -0.3 is 10.7 Å². The lowest BCUT2D eigenvalue weighted by atomic mass is 9.83. The van der Waals surface area contributed by atoms with Crippen molar-refractivity contribution in [3.05, 3.63) is 6.07 Å². The fourth-order valence-electron chi connectivity index (χ4n) is 2.74. The standard InChI is InChI=1S/C13H23N5S/c1-3-9-6-4-5-7-10(9)15-11-8-12(18-14)17-13(16-11)19-2/h8-10H,3-7,14H2,1-2H3,(H2,15,16,17,18). The van der Waals surface area contributed by atoms with Crippen LogP contribution in [0.5, 0.6) is 0 Å². The molecule has 0 bridgehead atoms. The summed E-state index contributed by atoms with van der Waals surface area (Å²) >= 11 is 1.52. The average molecular weight is 281 g/mol. The molecule has 0 aliphatic heterocycles. The van der Waals surface area contributed by atoms with Crippen molar-refractivity contribution in [2.45, 2.75) is 50.2 Å². The SMILES string of the molecule is CCC1CCCCC1Nc1cc(NN)nc(SC)n1. The molecule has 1 heterocycles. The molecule has 1 aliphatic carbocycles. The van der Waals surface area contributed by atoms with Crippen LogP contribution in [0.15, 0.2) is 11.2 Å². The van der Waals surface area contributed by atoms with Gasteiger partial charge in [0.2, 0.25) is 0 Å². The topological polar surface area (TPSA) is 75.9 Å². The summed E-state index contributed by atoms with van der Waals surface area (Å²) in [5, 5.41) is 4.31. The van der Waals surface area contributed by atoms with Gasteiger partial charge in [0.05, 0.1) is 0 Å². The van der Waals surface area contributed by atoms with Crippen molar-refractivity contribution < 1.29 is 0 Å². The molecule has 2 rings (SSSR count). The number of aromatic nitrogens is 2. The van der Waals surface area contributed by atoms with E-state index in [0.717, 1.165) is 16.9 Å². The zero-order valence-electron chi connectivity index (χ0n) is 11.6. The molecule has 0 radical (unpaired) electrons. The Kier molecular flexibility index (Phi) is 5.27. The van der Waals surface area contributed by atoms with Crippen LogP contribution in [-0.4, -0.2) is 22.3 Å². The molecular formula is C13H23N5S. The molecule has 1 fully saturated rings. The van der Waals surface area contributed by atoms with Gasteiger partial charge in [-0.3, -0.25) is 0 Å². The molecule has 0 saturated heterocycles. The van der Waals surface area contributed by atoms with Crippen molar-refractivity contribution >= 4 is 23.4 Å². The van der Waals surface area contributed by atoms with E-state index in [1.54, 1.807) is 0 Å². The molecule has 0 amide bonds. The minimum atomic E-state index is 0.522. The quantitative estimate of drug-likeness (QED) is 0.333. The van der Waals surface area contributed by atoms with Gasteiger partial charge in [-0.05, 0) is 25.0 Å². The molecule has 0 aromatic carbocycles. The van der Waals surface area contributed by atoms with E-state index in [1.807, 2.05) is 12.3 Å². The molecule has 1 aliphatic rings. The van der Waals surface area contributed by atoms with E-state index in [-0.39, 0.29) is 0 Å². The summed E-state index contributed by atoms with van der Waals surface area (Å²) in [7, 11) is 0. The minimum Gasteiger partial charge on any atom is -0.367 e. The lowest BCUT2D eigenvalue weighted by molar-refractivity contribution is 0.316. The van der Waals surface area contributed by atoms with Gasteiger partial charge in [-0.15, -0.1) is 0 Å². The van der Waals surface area contributed by atoms with Gasteiger partial charge >= 0.3 is 0 Å². The van der Waals surface area contributed by atoms with Gasteiger partial charge in [0.25, 0.3) is 0 Å². The maximum Gasteiger partial charge on any atom is 0.191 e. The van der Waals surface area contributed by atoms with Gasteiger partial charge in [-0.25, -0.2) is 15.8 Å². The molecule has 2 unspecified atom stereocenters. The van der Waals surface area contributed by atoms with Crippen LogP contribution in [0.1, 0.15) is 39.0 Å². The maximum atomic E-state index is 5.45. The number of nitrogens with two attached hydrogens (primary N) is 1. The smallest absolute Gasteiger partial charge is 0.191 e. The van der Waals surface area contributed by atoms with Gasteiger partial charge in [-0.2, -0.15) is 0 Å². The molecule has 106 valence electrons. The highest BCUT2D eigenvalue weighted by atomic mass is 32.2. The number of hydrazine groups is 1. The summed E-state index contributed by atoms with van der Waals surface area (Å²) in [4.78, 5) is 8.79. The Hall–Kier alpha value is -1.01. The van der Waals surface area contributed by atoms with Crippen molar-refractivity contribution in [2.75, 3.05) is 17.0 Å². The lowest BCUT2D eigenvalue weighted by Crippen LogP contribution is -2.32. The molecule has 1 aromatic rings. The number of nitrogens with zero attached hydrogens (tertiary/aromatic N) is 2. The van der Waals surface area contributed by atoms with Gasteiger partial charge in [0.1, 0.15) is 11.6 Å². The number of hydrogen-bond donors (Lipinski definition) is 3. The predicted molar refractivity (Wildman–Crippen MR) is 81.3 cm³/mol. The number of thioether (sulfide) groups is 1. The summed E-state index contributed by atoms with van der Waals surface area (Å²) in [6, 6.07) is 2.40. The van der Waals surface area contributed by atoms with Crippen LogP contribution in [0.3, 0.4) is 0 Å². The Morgan fingerprint density at radius 1 is 1.32 bits per heavy atom. The number of nitrogen functional groups attached to an aromatic ring is 1. The first kappa shape index (κ1) is 14.4. The predicted octanol–water partition coefficient (Wildman–Crippen LogP) is 2.86. The van der Waals surface area contributed by atoms with E-state index in [0.29, 0.717) is 11.9 Å². The first-order chi connectivity index (χ1) is 9.26. The van der Waals surface area contributed by atoms with Crippen molar-refractivity contribution in [3.63, 3.8) is 0 Å². The first-order valence-electron chi connectivity index (χ1n) is 6.93. The summed E-state index contributed by atoms with van der Waals surface area (Å²) in [6.45, 7) is 2.27. The second kappa shape index (κ2) is 6.96. The second-order valence-electron chi connectivity index (χ2n) is 4.97. The van der Waals surface area contributed by atoms with Crippen LogP contribution in [0.25, 0.3) is 0 Å². The fraction of sp³-hybridized carbons (Fsp3) is 0.692. The summed E-state index contributed by atoms with van der Waals surface area (Å²) in [6.07, 6.45) is 8.39. The van der Waals surface area contributed by atoms with E-state index < -0.39 is 0 Å². The van der Waals surface area contributed by atoms with E-state index in [9.17, 15) is 0 Å². The zero-order valence-corrected chi connectivity index (χ0v) is 12.5. The molecule has 2 atom stereocenters. The van der Waals surface area contributed by atoms with Crippen LogP contribution in [0.4, 0.5) is 11.6 Å². The Bertz CT molecular complexity index is 390. The van der Waals surface area contributed by atoms with Crippen LogP contribution in [0.2, 0.25) is 0 Å². The van der Waals surface area contributed by atoms with Crippen molar-refractivity contribution in [1.82, 2.24) is 9.97 Å². The molecule has 5 nitrogen and oxygen atoms in total. The number of rotatable bonds is 5. The van der Waals surface area contributed by atoms with Crippen LogP contribution < -0.4 is 16.6 Å². The summed E-state index contributed by atoms with van der Waals surface area (Å²) in [5.41, 5.74) is 2.60. The monoisotopic (exact) mass is 281 g/mol. The highest BCUT2D eigenvalue weighted by molar-refractivity contribution is 7.98. The average Bonchev–Trinajstić information content (AvgIpc) is 2.47. The Labute approximate surface area is 119 Å². The third-order valence-corrected chi connectivity index (χ3v) is 4.35. The van der Waals surface area contributed by atoms with Crippen LogP contribution >= 0.6 is 11.8 Å². The van der Waals surface area contributed by atoms with E-state index in [4.69, 9.17) is 5.84 Å². The van der Waals surface area contributed by atoms with E-state index in [1.165, 1.54) is 43.9 Å². The second-order valence-corrected chi connectivity index (χ2v) is 5.75. The lowest BCUT2D eigenvalue weighted by Gasteiger charge is -2.32. The Balaban J connectivity index is 2.12. The maximum absolute atomic E-state index is 5.45. The van der Waals surface area contributed by atoms with Crippen molar-refractivity contribution in [3.8, 4) is 0 Å². The Morgan fingerprint density at radius 3 is 2.74 bits per heavy atom. The first-order valence-corrected chi connectivity index (χ1v) is 8.15. The summed E-state index contributed by atoms with van der Waals surface area (Å²) < 4.78 is 0. The van der Waals surface area contributed by atoms with Crippen molar-refractivity contribution in [1.29, 1.82) is 0 Å². The molecule has 4 N–H and O–H groups in total. The van der Waals surface area contributed by atoms with E-state index >= 15 is 0 Å².